The Kier molecular flexibility index (Phi) is 5.36. The first-order chi connectivity index (χ1) is 12.5. The summed E-state index contributed by atoms with van der Waals surface area (Å²) < 4.78 is 5.05. The Balaban J connectivity index is 1.61. The predicted octanol–water partition coefficient (Wildman–Crippen LogP) is 2.23. The summed E-state index contributed by atoms with van der Waals surface area (Å²) in [6, 6.07) is 9.98. The summed E-state index contributed by atoms with van der Waals surface area (Å²) in [6.45, 7) is 3.93. The van der Waals surface area contributed by atoms with E-state index in [0.717, 1.165) is 6.42 Å². The van der Waals surface area contributed by atoms with Crippen LogP contribution in [0.5, 0.6) is 0 Å². The standard InChI is InChI=1S/C19H21N3O4/c1-14(23)21-9-3-10-22(12-11-21)19(25)15-5-7-16(8-6-15)20-18(24)17-4-2-13-26-17/h2,4-8,13H,3,9-12H2,1H3,(H,20,24). The molecular formula is C19H21N3O4. The number of anilines is 1. The van der Waals surface area contributed by atoms with Crippen molar-refractivity contribution >= 4 is 23.4 Å². The molecule has 0 bridgehead atoms. The zero-order chi connectivity index (χ0) is 18.5. The van der Waals surface area contributed by atoms with Gasteiger partial charge >= 0.3 is 0 Å². The number of rotatable bonds is 3. The lowest BCUT2D eigenvalue weighted by atomic mass is 10.1. The number of nitrogens with zero attached hydrogens (tertiary/aromatic N) is 2. The van der Waals surface area contributed by atoms with Gasteiger partial charge in [-0.15, -0.1) is 0 Å². The Morgan fingerprint density at radius 1 is 0.962 bits per heavy atom. The molecule has 136 valence electrons. The first-order valence-electron chi connectivity index (χ1n) is 8.54. The van der Waals surface area contributed by atoms with Crippen molar-refractivity contribution in [2.24, 2.45) is 0 Å². The number of hydrogen-bond donors (Lipinski definition) is 1. The van der Waals surface area contributed by atoms with Gasteiger partial charge in [0.1, 0.15) is 0 Å². The van der Waals surface area contributed by atoms with E-state index in [2.05, 4.69) is 5.32 Å². The molecular weight excluding hydrogens is 334 g/mol. The summed E-state index contributed by atoms with van der Waals surface area (Å²) in [5, 5.41) is 2.72. The fraction of sp³-hybridized carbons (Fsp3) is 0.316. The molecule has 7 heteroatoms. The van der Waals surface area contributed by atoms with Crippen LogP contribution in [0, 0.1) is 0 Å². The van der Waals surface area contributed by atoms with E-state index in [1.807, 2.05) is 0 Å². The van der Waals surface area contributed by atoms with Crippen molar-refractivity contribution in [1.82, 2.24) is 9.80 Å². The fourth-order valence-electron chi connectivity index (χ4n) is 2.91. The van der Waals surface area contributed by atoms with E-state index in [1.165, 1.54) is 6.26 Å². The van der Waals surface area contributed by atoms with Gasteiger partial charge in [-0.25, -0.2) is 0 Å². The highest BCUT2D eigenvalue weighted by Gasteiger charge is 2.21. The molecule has 3 rings (SSSR count). The third-order valence-electron chi connectivity index (χ3n) is 4.36. The maximum Gasteiger partial charge on any atom is 0.291 e. The van der Waals surface area contributed by atoms with E-state index < -0.39 is 0 Å². The fourth-order valence-corrected chi connectivity index (χ4v) is 2.91. The number of carbonyl (C=O) groups is 3. The van der Waals surface area contributed by atoms with Crippen LogP contribution < -0.4 is 5.32 Å². The van der Waals surface area contributed by atoms with Crippen molar-refractivity contribution in [2.45, 2.75) is 13.3 Å². The molecule has 1 fully saturated rings. The lowest BCUT2D eigenvalue weighted by Gasteiger charge is -2.21. The van der Waals surface area contributed by atoms with Crippen LogP contribution in [0.1, 0.15) is 34.3 Å². The molecule has 1 aliphatic rings. The molecule has 1 N–H and O–H groups in total. The highest BCUT2D eigenvalue weighted by molar-refractivity contribution is 6.02. The van der Waals surface area contributed by atoms with Crippen molar-refractivity contribution < 1.29 is 18.8 Å². The molecule has 0 saturated carbocycles. The number of benzene rings is 1. The Morgan fingerprint density at radius 2 is 1.65 bits per heavy atom. The van der Waals surface area contributed by atoms with Gasteiger partial charge in [-0.05, 0) is 42.8 Å². The molecule has 2 aromatic rings. The average molecular weight is 355 g/mol. The largest absolute Gasteiger partial charge is 0.459 e. The molecule has 0 unspecified atom stereocenters. The minimum Gasteiger partial charge on any atom is -0.459 e. The third kappa shape index (κ3) is 4.11. The first kappa shape index (κ1) is 17.7. The minimum absolute atomic E-state index is 0.0379. The van der Waals surface area contributed by atoms with Crippen molar-refractivity contribution in [2.75, 3.05) is 31.5 Å². The molecule has 0 spiro atoms. The van der Waals surface area contributed by atoms with E-state index >= 15 is 0 Å². The molecule has 1 saturated heterocycles. The Hall–Kier alpha value is -3.09. The van der Waals surface area contributed by atoms with Gasteiger partial charge in [-0.1, -0.05) is 0 Å². The van der Waals surface area contributed by atoms with Gasteiger partial charge in [0.15, 0.2) is 5.76 Å². The first-order valence-corrected chi connectivity index (χ1v) is 8.54. The summed E-state index contributed by atoms with van der Waals surface area (Å²) in [5.41, 5.74) is 1.14. The zero-order valence-electron chi connectivity index (χ0n) is 14.6. The quantitative estimate of drug-likeness (QED) is 0.915. The molecule has 3 amide bonds. The number of hydrogen-bond acceptors (Lipinski definition) is 4. The highest BCUT2D eigenvalue weighted by atomic mass is 16.3. The maximum absolute atomic E-state index is 12.7. The number of nitrogens with one attached hydrogen (secondary N) is 1. The summed E-state index contributed by atoms with van der Waals surface area (Å²) in [4.78, 5) is 39.6. The lowest BCUT2D eigenvalue weighted by Crippen LogP contribution is -2.36. The van der Waals surface area contributed by atoms with Gasteiger partial charge in [0.05, 0.1) is 6.26 Å². The highest BCUT2D eigenvalue weighted by Crippen LogP contribution is 2.15. The Labute approximate surface area is 151 Å². The second kappa shape index (κ2) is 7.86. The SMILES string of the molecule is CC(=O)N1CCCN(C(=O)c2ccc(NC(=O)c3ccco3)cc2)CC1. The van der Waals surface area contributed by atoms with Gasteiger partial charge in [-0.2, -0.15) is 0 Å². The number of carbonyl (C=O) groups excluding carboxylic acids is 3. The van der Waals surface area contributed by atoms with E-state index in [1.54, 1.807) is 53.1 Å². The third-order valence-corrected chi connectivity index (χ3v) is 4.36. The smallest absolute Gasteiger partial charge is 0.291 e. The summed E-state index contributed by atoms with van der Waals surface area (Å²) in [7, 11) is 0. The molecule has 26 heavy (non-hydrogen) atoms. The van der Waals surface area contributed by atoms with Crippen LogP contribution >= 0.6 is 0 Å². The summed E-state index contributed by atoms with van der Waals surface area (Å²) in [5.74, 6) is -0.147. The van der Waals surface area contributed by atoms with Crippen LogP contribution in [0.2, 0.25) is 0 Å². The van der Waals surface area contributed by atoms with Crippen LogP contribution in [0.25, 0.3) is 0 Å². The normalized spacial score (nSPS) is 14.7. The second-order valence-corrected chi connectivity index (χ2v) is 6.16. The maximum atomic E-state index is 12.7. The van der Waals surface area contributed by atoms with Gasteiger partial charge in [0, 0.05) is 44.4 Å². The zero-order valence-corrected chi connectivity index (χ0v) is 14.6. The molecule has 7 nitrogen and oxygen atoms in total. The second-order valence-electron chi connectivity index (χ2n) is 6.16. The van der Waals surface area contributed by atoms with E-state index in [-0.39, 0.29) is 23.5 Å². The summed E-state index contributed by atoms with van der Waals surface area (Å²) >= 11 is 0. The van der Waals surface area contributed by atoms with Crippen molar-refractivity contribution in [3.05, 3.63) is 54.0 Å². The molecule has 0 radical (unpaired) electrons. The Morgan fingerprint density at radius 3 is 2.31 bits per heavy atom. The minimum atomic E-state index is -0.342. The predicted molar refractivity (Wildman–Crippen MR) is 95.9 cm³/mol. The Bertz CT molecular complexity index is 784. The topological polar surface area (TPSA) is 82.9 Å². The monoisotopic (exact) mass is 355 g/mol. The lowest BCUT2D eigenvalue weighted by molar-refractivity contribution is -0.128. The summed E-state index contributed by atoms with van der Waals surface area (Å²) in [6.07, 6.45) is 2.20. The van der Waals surface area contributed by atoms with Crippen LogP contribution in [0.4, 0.5) is 5.69 Å². The van der Waals surface area contributed by atoms with Crippen LogP contribution in [0.15, 0.2) is 47.1 Å². The van der Waals surface area contributed by atoms with E-state index in [9.17, 15) is 14.4 Å². The number of amides is 3. The van der Waals surface area contributed by atoms with E-state index in [0.29, 0.717) is 37.4 Å². The van der Waals surface area contributed by atoms with Gasteiger partial charge in [-0.3, -0.25) is 14.4 Å². The van der Waals surface area contributed by atoms with E-state index in [4.69, 9.17) is 4.42 Å². The average Bonchev–Trinajstić information content (AvgIpc) is 3.06. The van der Waals surface area contributed by atoms with Crippen molar-refractivity contribution in [3.8, 4) is 0 Å². The molecule has 1 aliphatic heterocycles. The molecule has 1 aromatic heterocycles. The van der Waals surface area contributed by atoms with Crippen LogP contribution in [-0.4, -0.2) is 53.7 Å². The van der Waals surface area contributed by atoms with Crippen LogP contribution in [-0.2, 0) is 4.79 Å². The van der Waals surface area contributed by atoms with Gasteiger partial charge < -0.3 is 19.5 Å². The van der Waals surface area contributed by atoms with Crippen molar-refractivity contribution in [3.63, 3.8) is 0 Å². The van der Waals surface area contributed by atoms with Gasteiger partial charge in [0.25, 0.3) is 11.8 Å². The molecule has 2 heterocycles. The molecule has 1 aromatic carbocycles. The van der Waals surface area contributed by atoms with Crippen molar-refractivity contribution in [1.29, 1.82) is 0 Å². The van der Waals surface area contributed by atoms with Crippen LogP contribution in [0.3, 0.4) is 0 Å². The number of furan rings is 1. The van der Waals surface area contributed by atoms with Gasteiger partial charge in [0.2, 0.25) is 5.91 Å². The molecule has 0 atom stereocenters. The molecule has 0 aliphatic carbocycles.